The van der Waals surface area contributed by atoms with Gasteiger partial charge in [0, 0.05) is 37.9 Å². The number of carbonyl (C=O) groups excluding carboxylic acids is 2. The van der Waals surface area contributed by atoms with E-state index in [-0.39, 0.29) is 37.9 Å². The Balaban J connectivity index is 1.29. The molecule has 186 valence electrons. The Morgan fingerprint density at radius 1 is 1.11 bits per heavy atom. The number of alkyl carbamates (subject to hydrolysis) is 1. The maximum absolute atomic E-state index is 12.7. The van der Waals surface area contributed by atoms with Gasteiger partial charge in [-0.05, 0) is 29.2 Å². The van der Waals surface area contributed by atoms with E-state index in [9.17, 15) is 19.5 Å². The van der Waals surface area contributed by atoms with Crippen molar-refractivity contribution in [3.8, 4) is 11.1 Å². The Labute approximate surface area is 209 Å². The molecule has 1 heterocycles. The van der Waals surface area contributed by atoms with Crippen molar-refractivity contribution >= 4 is 29.7 Å². The molecule has 2 atom stereocenters. The number of rotatable bonds is 9. The third-order valence-corrected chi connectivity index (χ3v) is 7.49. The molecule has 0 radical (unpaired) electrons. The van der Waals surface area contributed by atoms with Crippen LogP contribution >= 0.6 is 11.8 Å². The topological polar surface area (TPSA) is 105 Å². The Kier molecular flexibility index (Phi) is 8.30. The summed E-state index contributed by atoms with van der Waals surface area (Å²) in [4.78, 5) is 38.1. The van der Waals surface area contributed by atoms with Gasteiger partial charge in [0.25, 0.3) is 0 Å². The van der Waals surface area contributed by atoms with E-state index in [0.717, 1.165) is 22.3 Å². The summed E-state index contributed by atoms with van der Waals surface area (Å²) >= 11 is 1.34. The fourth-order valence-electron chi connectivity index (χ4n) is 4.62. The third-order valence-electron chi connectivity index (χ3n) is 6.32. The predicted molar refractivity (Wildman–Crippen MR) is 134 cm³/mol. The number of carboxylic acid groups (broad SMARTS) is 1. The lowest BCUT2D eigenvalue weighted by molar-refractivity contribution is -0.138. The molecule has 0 spiro atoms. The fraction of sp³-hybridized carbons (Fsp3) is 0.423. The summed E-state index contributed by atoms with van der Waals surface area (Å²) in [5, 5.41) is 11.3. The third kappa shape index (κ3) is 5.97. The van der Waals surface area contributed by atoms with Crippen LogP contribution in [0.15, 0.2) is 48.5 Å². The molecular formula is C26H30N2O6S. The first-order valence-corrected chi connectivity index (χ1v) is 12.9. The molecule has 2 unspecified atom stereocenters. The van der Waals surface area contributed by atoms with Crippen molar-refractivity contribution in [2.45, 2.75) is 30.6 Å². The summed E-state index contributed by atoms with van der Waals surface area (Å²) in [6.45, 7) is 3.23. The zero-order valence-corrected chi connectivity index (χ0v) is 20.5. The number of amides is 2. The fourth-order valence-corrected chi connectivity index (χ4v) is 5.66. The number of ether oxygens (including phenoxy) is 2. The van der Waals surface area contributed by atoms with Crippen LogP contribution in [0.3, 0.4) is 0 Å². The number of benzene rings is 2. The van der Waals surface area contributed by atoms with Crippen molar-refractivity contribution in [1.29, 1.82) is 0 Å². The minimum Gasteiger partial charge on any atom is -0.480 e. The summed E-state index contributed by atoms with van der Waals surface area (Å²) in [6.07, 6.45) is -1.02. The molecule has 2 amide bonds. The van der Waals surface area contributed by atoms with E-state index < -0.39 is 23.4 Å². The Morgan fingerprint density at radius 3 is 2.40 bits per heavy atom. The van der Waals surface area contributed by atoms with Crippen LogP contribution in [-0.4, -0.2) is 77.9 Å². The lowest BCUT2D eigenvalue weighted by Crippen LogP contribution is -2.46. The maximum Gasteiger partial charge on any atom is 0.407 e. The van der Waals surface area contributed by atoms with Gasteiger partial charge in [-0.25, -0.2) is 4.79 Å². The number of hydrogen-bond acceptors (Lipinski definition) is 6. The van der Waals surface area contributed by atoms with Crippen LogP contribution in [0.4, 0.5) is 4.79 Å². The van der Waals surface area contributed by atoms with Gasteiger partial charge >= 0.3 is 12.1 Å². The molecule has 2 N–H and O–H groups in total. The van der Waals surface area contributed by atoms with Gasteiger partial charge in [0.1, 0.15) is 11.9 Å². The van der Waals surface area contributed by atoms with Gasteiger partial charge in [-0.1, -0.05) is 48.5 Å². The van der Waals surface area contributed by atoms with Crippen LogP contribution in [0.25, 0.3) is 11.1 Å². The Morgan fingerprint density at radius 2 is 1.77 bits per heavy atom. The molecule has 1 aliphatic heterocycles. The average Bonchev–Trinajstić information content (AvgIpc) is 3.20. The van der Waals surface area contributed by atoms with Crippen LogP contribution in [0, 0.1) is 0 Å². The molecule has 9 heteroatoms. The van der Waals surface area contributed by atoms with E-state index in [2.05, 4.69) is 29.6 Å². The van der Waals surface area contributed by atoms with Gasteiger partial charge < -0.3 is 24.8 Å². The van der Waals surface area contributed by atoms with Crippen molar-refractivity contribution < 1.29 is 29.0 Å². The normalized spacial score (nSPS) is 17.9. The highest BCUT2D eigenvalue weighted by Crippen LogP contribution is 2.44. The minimum atomic E-state index is -0.911. The van der Waals surface area contributed by atoms with E-state index >= 15 is 0 Å². The molecule has 1 aliphatic carbocycles. The number of carboxylic acids is 1. The van der Waals surface area contributed by atoms with Crippen molar-refractivity contribution in [2.75, 3.05) is 38.6 Å². The van der Waals surface area contributed by atoms with Crippen molar-refractivity contribution in [3.63, 3.8) is 0 Å². The molecule has 35 heavy (non-hydrogen) atoms. The highest BCUT2D eigenvalue weighted by Gasteiger charge is 2.31. The molecule has 8 nitrogen and oxygen atoms in total. The summed E-state index contributed by atoms with van der Waals surface area (Å²) in [5.74, 6) is -0.535. The van der Waals surface area contributed by atoms with E-state index in [1.54, 1.807) is 4.90 Å². The van der Waals surface area contributed by atoms with E-state index in [1.165, 1.54) is 11.8 Å². The van der Waals surface area contributed by atoms with E-state index in [4.69, 9.17) is 9.47 Å². The van der Waals surface area contributed by atoms with Crippen LogP contribution in [0.1, 0.15) is 30.4 Å². The molecular weight excluding hydrogens is 468 g/mol. The molecule has 2 aromatic rings. The van der Waals surface area contributed by atoms with Gasteiger partial charge in [0.2, 0.25) is 5.91 Å². The Bertz CT molecular complexity index is 1030. The molecule has 0 bridgehead atoms. The monoisotopic (exact) mass is 498 g/mol. The zero-order valence-electron chi connectivity index (χ0n) is 19.6. The van der Waals surface area contributed by atoms with E-state index in [1.807, 2.05) is 31.2 Å². The number of carbonyl (C=O) groups is 3. The lowest BCUT2D eigenvalue weighted by atomic mass is 9.98. The number of aliphatic carboxylic acids is 1. The first kappa shape index (κ1) is 25.1. The van der Waals surface area contributed by atoms with Crippen LogP contribution in [0.2, 0.25) is 0 Å². The maximum atomic E-state index is 12.7. The number of nitrogens with one attached hydrogen (secondary N) is 1. The second kappa shape index (κ2) is 11.6. The summed E-state index contributed by atoms with van der Waals surface area (Å²) in [6, 6.07) is 16.3. The summed E-state index contributed by atoms with van der Waals surface area (Å²) < 4.78 is 11.2. The van der Waals surface area contributed by atoms with Crippen LogP contribution in [0.5, 0.6) is 0 Å². The van der Waals surface area contributed by atoms with Gasteiger partial charge in [0.15, 0.2) is 0 Å². The van der Waals surface area contributed by atoms with Crippen LogP contribution < -0.4 is 5.32 Å². The second-order valence-corrected chi connectivity index (χ2v) is 9.84. The molecule has 0 aromatic heterocycles. The van der Waals surface area contributed by atoms with Crippen molar-refractivity contribution in [3.05, 3.63) is 59.7 Å². The quantitative estimate of drug-likeness (QED) is 0.546. The molecule has 2 aliphatic rings. The summed E-state index contributed by atoms with van der Waals surface area (Å²) in [5.41, 5.74) is 4.60. The van der Waals surface area contributed by atoms with Gasteiger partial charge in [0.05, 0.1) is 12.5 Å². The first-order chi connectivity index (χ1) is 17.0. The molecule has 2 aromatic carbocycles. The minimum absolute atomic E-state index is 0.0310. The van der Waals surface area contributed by atoms with Gasteiger partial charge in [-0.3, -0.25) is 9.59 Å². The Hall–Kier alpha value is -3.04. The first-order valence-electron chi connectivity index (χ1n) is 11.8. The van der Waals surface area contributed by atoms with Crippen molar-refractivity contribution in [1.82, 2.24) is 10.2 Å². The highest BCUT2D eigenvalue weighted by atomic mass is 32.2. The molecule has 4 rings (SSSR count). The predicted octanol–water partition coefficient (Wildman–Crippen LogP) is 3.35. The lowest BCUT2D eigenvalue weighted by Gasteiger charge is -2.31. The molecule has 1 fully saturated rings. The number of nitrogens with zero attached hydrogens (tertiary/aromatic N) is 1. The zero-order chi connectivity index (χ0) is 24.8. The second-order valence-electron chi connectivity index (χ2n) is 8.53. The van der Waals surface area contributed by atoms with E-state index in [0.29, 0.717) is 18.9 Å². The average molecular weight is 499 g/mol. The number of thioether (sulfide) groups is 1. The number of hydrogen-bond donors (Lipinski definition) is 2. The van der Waals surface area contributed by atoms with Gasteiger partial charge in [-0.15, -0.1) is 11.8 Å². The summed E-state index contributed by atoms with van der Waals surface area (Å²) in [7, 11) is 0. The van der Waals surface area contributed by atoms with Crippen LogP contribution in [-0.2, 0) is 19.1 Å². The largest absolute Gasteiger partial charge is 0.480 e. The highest BCUT2D eigenvalue weighted by molar-refractivity contribution is 8.00. The SMILES string of the molecule is CCOC(CNC(=O)OCC1c2ccccc2-c2ccccc21)CC(=O)N1CCSC(C(=O)O)C1. The smallest absolute Gasteiger partial charge is 0.407 e. The van der Waals surface area contributed by atoms with Crippen molar-refractivity contribution in [2.24, 2.45) is 0 Å². The standard InChI is InChI=1S/C26H30N2O6S/c1-2-33-17(13-24(29)28-11-12-35-23(15-28)25(30)31)14-27-26(32)34-16-22-20-9-5-3-7-18(20)19-8-4-6-10-21(19)22/h3-10,17,22-23H,2,11-16H2,1H3,(H,27,32)(H,30,31). The van der Waals surface area contributed by atoms with Gasteiger partial charge in [-0.2, -0.15) is 0 Å². The molecule has 0 saturated carbocycles. The number of fused-ring (bicyclic) bond motifs is 3. The molecule has 1 saturated heterocycles.